The topological polar surface area (TPSA) is 0 Å². The molecule has 0 fully saturated rings. The van der Waals surface area contributed by atoms with E-state index in [1.807, 2.05) is 0 Å². The van der Waals surface area contributed by atoms with Crippen LogP contribution in [0.2, 0.25) is 0 Å². The summed E-state index contributed by atoms with van der Waals surface area (Å²) in [5.41, 5.74) is 5.65. The van der Waals surface area contributed by atoms with E-state index >= 15 is 0 Å². The second-order valence-corrected chi connectivity index (χ2v) is 4.52. The number of rotatable bonds is 4. The molecular formula is C17H20. The minimum Gasteiger partial charge on any atom is -0.0617 e. The summed E-state index contributed by atoms with van der Waals surface area (Å²) in [4.78, 5) is 0. The normalized spacial score (nSPS) is 10.5. The van der Waals surface area contributed by atoms with Gasteiger partial charge in [-0.1, -0.05) is 62.4 Å². The molecule has 0 aliphatic heterocycles. The number of hydrogen-bond acceptors (Lipinski definition) is 0. The van der Waals surface area contributed by atoms with E-state index in [2.05, 4.69) is 62.4 Å². The van der Waals surface area contributed by atoms with Crippen LogP contribution >= 0.6 is 0 Å². The predicted octanol–water partition coefficient (Wildman–Crippen LogP) is 4.40. The maximum Gasteiger partial charge on any atom is -0.00257 e. The Balaban J connectivity index is 2.13. The lowest BCUT2D eigenvalue weighted by Crippen LogP contribution is -1.90. The molecule has 0 nitrogen and oxygen atoms in total. The van der Waals surface area contributed by atoms with Gasteiger partial charge in [0, 0.05) is 0 Å². The SMILES string of the molecule is CCc1ccc(Cc2cccc(CC)c2)cc1. The molecule has 0 unspecified atom stereocenters. The molecule has 0 heterocycles. The van der Waals surface area contributed by atoms with Crippen LogP contribution in [-0.2, 0) is 19.3 Å². The number of benzene rings is 2. The molecule has 0 spiro atoms. The van der Waals surface area contributed by atoms with Crippen LogP contribution in [0.3, 0.4) is 0 Å². The molecule has 2 rings (SSSR count). The van der Waals surface area contributed by atoms with Gasteiger partial charge in [0.05, 0.1) is 0 Å². The Labute approximate surface area is 104 Å². The Morgan fingerprint density at radius 1 is 0.647 bits per heavy atom. The maximum absolute atomic E-state index is 2.31. The molecule has 0 heteroatoms. The van der Waals surface area contributed by atoms with E-state index in [0.717, 1.165) is 19.3 Å². The van der Waals surface area contributed by atoms with Gasteiger partial charge in [-0.05, 0) is 41.5 Å². The molecule has 0 atom stereocenters. The highest BCUT2D eigenvalue weighted by Gasteiger charge is 1.98. The molecule has 0 amide bonds. The van der Waals surface area contributed by atoms with Crippen molar-refractivity contribution in [2.75, 3.05) is 0 Å². The molecule has 0 aromatic heterocycles. The third kappa shape index (κ3) is 3.20. The van der Waals surface area contributed by atoms with Gasteiger partial charge in [0.15, 0.2) is 0 Å². The third-order valence-corrected chi connectivity index (χ3v) is 3.24. The minimum atomic E-state index is 1.04. The lowest BCUT2D eigenvalue weighted by molar-refractivity contribution is 1.10. The summed E-state index contributed by atoms with van der Waals surface area (Å²) in [5.74, 6) is 0. The molecule has 0 saturated carbocycles. The Kier molecular flexibility index (Phi) is 3.98. The van der Waals surface area contributed by atoms with Gasteiger partial charge in [-0.2, -0.15) is 0 Å². The molecule has 0 bridgehead atoms. The van der Waals surface area contributed by atoms with Crippen LogP contribution in [0.15, 0.2) is 48.5 Å². The molecule has 2 aromatic rings. The Morgan fingerprint density at radius 3 is 1.88 bits per heavy atom. The highest BCUT2D eigenvalue weighted by molar-refractivity contribution is 5.31. The fourth-order valence-electron chi connectivity index (χ4n) is 2.09. The second-order valence-electron chi connectivity index (χ2n) is 4.52. The first-order valence-electron chi connectivity index (χ1n) is 6.47. The first-order valence-corrected chi connectivity index (χ1v) is 6.47. The van der Waals surface area contributed by atoms with Gasteiger partial charge in [0.1, 0.15) is 0 Å². The zero-order valence-corrected chi connectivity index (χ0v) is 10.7. The van der Waals surface area contributed by atoms with E-state index < -0.39 is 0 Å². The van der Waals surface area contributed by atoms with Crippen LogP contribution in [0, 0.1) is 0 Å². The summed E-state index contributed by atoms with van der Waals surface area (Å²) in [6, 6.07) is 17.9. The highest BCUT2D eigenvalue weighted by atomic mass is 14.0. The number of aryl methyl sites for hydroxylation is 2. The Hall–Kier alpha value is -1.56. The monoisotopic (exact) mass is 224 g/mol. The molecule has 17 heavy (non-hydrogen) atoms. The molecule has 0 aliphatic carbocycles. The Morgan fingerprint density at radius 2 is 1.24 bits per heavy atom. The summed E-state index contributed by atoms with van der Waals surface area (Å²) < 4.78 is 0. The minimum absolute atomic E-state index is 1.04. The van der Waals surface area contributed by atoms with E-state index in [4.69, 9.17) is 0 Å². The second kappa shape index (κ2) is 5.67. The van der Waals surface area contributed by atoms with Crippen LogP contribution in [-0.4, -0.2) is 0 Å². The van der Waals surface area contributed by atoms with Crippen LogP contribution in [0.4, 0.5) is 0 Å². The van der Waals surface area contributed by atoms with Gasteiger partial charge in [0.2, 0.25) is 0 Å². The van der Waals surface area contributed by atoms with Gasteiger partial charge in [-0.15, -0.1) is 0 Å². The van der Waals surface area contributed by atoms with Crippen molar-refractivity contribution in [1.82, 2.24) is 0 Å². The molecule has 0 aliphatic rings. The lowest BCUT2D eigenvalue weighted by Gasteiger charge is -2.05. The van der Waals surface area contributed by atoms with Crippen molar-refractivity contribution in [2.24, 2.45) is 0 Å². The van der Waals surface area contributed by atoms with Crippen molar-refractivity contribution in [1.29, 1.82) is 0 Å². The lowest BCUT2D eigenvalue weighted by atomic mass is 10.0. The van der Waals surface area contributed by atoms with Gasteiger partial charge in [-0.25, -0.2) is 0 Å². The summed E-state index contributed by atoms with van der Waals surface area (Å²) in [5, 5.41) is 0. The smallest absolute Gasteiger partial charge is 0.00257 e. The van der Waals surface area contributed by atoms with E-state index in [1.54, 1.807) is 0 Å². The summed E-state index contributed by atoms with van der Waals surface area (Å²) >= 11 is 0. The van der Waals surface area contributed by atoms with Gasteiger partial charge < -0.3 is 0 Å². The zero-order valence-electron chi connectivity index (χ0n) is 10.7. The molecule has 0 radical (unpaired) electrons. The average Bonchev–Trinajstić information content (AvgIpc) is 2.40. The molecule has 0 saturated heterocycles. The predicted molar refractivity (Wildman–Crippen MR) is 74.4 cm³/mol. The summed E-state index contributed by atoms with van der Waals surface area (Å²) in [6.45, 7) is 4.40. The average molecular weight is 224 g/mol. The highest BCUT2D eigenvalue weighted by Crippen LogP contribution is 2.13. The Bertz CT molecular complexity index is 466. The summed E-state index contributed by atoms with van der Waals surface area (Å²) in [6.07, 6.45) is 3.27. The van der Waals surface area contributed by atoms with Gasteiger partial charge >= 0.3 is 0 Å². The summed E-state index contributed by atoms with van der Waals surface area (Å²) in [7, 11) is 0. The van der Waals surface area contributed by atoms with Crippen LogP contribution in [0.5, 0.6) is 0 Å². The van der Waals surface area contributed by atoms with E-state index in [-0.39, 0.29) is 0 Å². The quantitative estimate of drug-likeness (QED) is 0.722. The molecule has 0 N–H and O–H groups in total. The van der Waals surface area contributed by atoms with Crippen molar-refractivity contribution in [3.05, 3.63) is 70.8 Å². The van der Waals surface area contributed by atoms with Crippen LogP contribution in [0.25, 0.3) is 0 Å². The van der Waals surface area contributed by atoms with E-state index in [9.17, 15) is 0 Å². The van der Waals surface area contributed by atoms with Crippen molar-refractivity contribution in [3.8, 4) is 0 Å². The molecule has 88 valence electrons. The molecule has 2 aromatic carbocycles. The van der Waals surface area contributed by atoms with Crippen molar-refractivity contribution >= 4 is 0 Å². The number of hydrogen-bond donors (Lipinski definition) is 0. The zero-order chi connectivity index (χ0) is 12.1. The fraction of sp³-hybridized carbons (Fsp3) is 0.294. The third-order valence-electron chi connectivity index (χ3n) is 3.24. The first kappa shape index (κ1) is 11.9. The van der Waals surface area contributed by atoms with Gasteiger partial charge in [-0.3, -0.25) is 0 Å². The van der Waals surface area contributed by atoms with Crippen LogP contribution < -0.4 is 0 Å². The fourth-order valence-corrected chi connectivity index (χ4v) is 2.09. The van der Waals surface area contributed by atoms with Crippen LogP contribution in [0.1, 0.15) is 36.1 Å². The maximum atomic E-state index is 2.31. The van der Waals surface area contributed by atoms with E-state index in [0.29, 0.717) is 0 Å². The van der Waals surface area contributed by atoms with E-state index in [1.165, 1.54) is 22.3 Å². The van der Waals surface area contributed by atoms with Crippen molar-refractivity contribution < 1.29 is 0 Å². The largest absolute Gasteiger partial charge is 0.0617 e. The standard InChI is InChI=1S/C17H20/c1-3-14-8-10-16(11-9-14)13-17-7-5-6-15(4-2)12-17/h5-12H,3-4,13H2,1-2H3. The van der Waals surface area contributed by atoms with Crippen molar-refractivity contribution in [2.45, 2.75) is 33.1 Å². The first-order chi connectivity index (χ1) is 8.31. The van der Waals surface area contributed by atoms with Crippen molar-refractivity contribution in [3.63, 3.8) is 0 Å². The molecular weight excluding hydrogens is 204 g/mol. The van der Waals surface area contributed by atoms with Gasteiger partial charge in [0.25, 0.3) is 0 Å².